The molecule has 2 rings (SSSR count). The lowest BCUT2D eigenvalue weighted by Crippen LogP contribution is -2.89. The first kappa shape index (κ1) is 12.9. The summed E-state index contributed by atoms with van der Waals surface area (Å²) in [6.07, 6.45) is 5.03. The molecular weight excluding hydrogens is 230 g/mol. The maximum atomic E-state index is 7.57. The van der Waals surface area contributed by atoms with Gasteiger partial charge >= 0.3 is 0 Å². The van der Waals surface area contributed by atoms with Crippen molar-refractivity contribution in [1.82, 2.24) is 15.1 Å². The zero-order valence-corrected chi connectivity index (χ0v) is 10.8. The van der Waals surface area contributed by atoms with Gasteiger partial charge in [-0.2, -0.15) is 5.10 Å². The molecular formula is C12H20N5O+. The van der Waals surface area contributed by atoms with Crippen LogP contribution >= 0.6 is 0 Å². The first-order chi connectivity index (χ1) is 8.74. The van der Waals surface area contributed by atoms with E-state index in [1.807, 2.05) is 6.20 Å². The van der Waals surface area contributed by atoms with Crippen molar-refractivity contribution in [2.75, 3.05) is 20.2 Å². The fraction of sp³-hybridized carbons (Fsp3) is 0.500. The van der Waals surface area contributed by atoms with Crippen LogP contribution in [-0.4, -0.2) is 42.2 Å². The molecule has 1 atom stereocenters. The van der Waals surface area contributed by atoms with E-state index in [9.17, 15) is 0 Å². The topological polar surface area (TPSA) is 79.5 Å². The SMILES string of the molecule is COCc1cnn(/C(C=N)=C2\CN[C@@H](C)C[NH2+]2)c1. The van der Waals surface area contributed by atoms with E-state index in [0.29, 0.717) is 12.6 Å². The first-order valence-electron chi connectivity index (χ1n) is 6.07. The molecule has 98 valence electrons. The van der Waals surface area contributed by atoms with Crippen LogP contribution in [0.15, 0.2) is 18.1 Å². The van der Waals surface area contributed by atoms with E-state index in [-0.39, 0.29) is 0 Å². The van der Waals surface area contributed by atoms with Crippen molar-refractivity contribution in [1.29, 1.82) is 5.41 Å². The van der Waals surface area contributed by atoms with Gasteiger partial charge in [0.1, 0.15) is 11.4 Å². The Labute approximate surface area is 107 Å². The lowest BCUT2D eigenvalue weighted by molar-refractivity contribution is -0.615. The van der Waals surface area contributed by atoms with Crippen molar-refractivity contribution >= 4 is 11.9 Å². The van der Waals surface area contributed by atoms with Gasteiger partial charge in [0.2, 0.25) is 0 Å². The summed E-state index contributed by atoms with van der Waals surface area (Å²) in [6.45, 7) is 4.46. The predicted octanol–water partition coefficient (Wildman–Crippen LogP) is -0.597. The average molecular weight is 250 g/mol. The summed E-state index contributed by atoms with van der Waals surface area (Å²) in [5, 5.41) is 17.4. The largest absolute Gasteiger partial charge is 0.380 e. The summed E-state index contributed by atoms with van der Waals surface area (Å²) in [6, 6.07) is 0.502. The minimum Gasteiger partial charge on any atom is -0.380 e. The van der Waals surface area contributed by atoms with Crippen molar-refractivity contribution in [3.8, 4) is 0 Å². The van der Waals surface area contributed by atoms with E-state index in [0.717, 1.165) is 30.0 Å². The number of allylic oxidation sites excluding steroid dienone is 1. The Balaban J connectivity index is 2.21. The fourth-order valence-electron chi connectivity index (χ4n) is 1.99. The number of piperazine rings is 1. The third-order valence-corrected chi connectivity index (χ3v) is 3.02. The van der Waals surface area contributed by atoms with Crippen molar-refractivity contribution in [3.63, 3.8) is 0 Å². The van der Waals surface area contributed by atoms with Gasteiger partial charge in [0, 0.05) is 25.1 Å². The Morgan fingerprint density at radius 1 is 1.78 bits per heavy atom. The number of nitrogens with one attached hydrogen (secondary N) is 2. The lowest BCUT2D eigenvalue weighted by atomic mass is 10.2. The van der Waals surface area contributed by atoms with E-state index in [1.165, 1.54) is 6.21 Å². The maximum Gasteiger partial charge on any atom is 0.147 e. The van der Waals surface area contributed by atoms with E-state index in [2.05, 4.69) is 22.7 Å². The second-order valence-electron chi connectivity index (χ2n) is 4.50. The molecule has 1 saturated heterocycles. The molecule has 0 aromatic carbocycles. The Morgan fingerprint density at radius 2 is 2.61 bits per heavy atom. The third kappa shape index (κ3) is 2.84. The van der Waals surface area contributed by atoms with Crippen LogP contribution in [0, 0.1) is 5.41 Å². The molecule has 18 heavy (non-hydrogen) atoms. The number of hydrogen-bond donors (Lipinski definition) is 3. The molecule has 1 aliphatic heterocycles. The van der Waals surface area contributed by atoms with Gasteiger partial charge in [0.05, 0.1) is 31.9 Å². The Morgan fingerprint density at radius 3 is 3.22 bits per heavy atom. The van der Waals surface area contributed by atoms with Crippen LogP contribution in [0.3, 0.4) is 0 Å². The fourth-order valence-corrected chi connectivity index (χ4v) is 1.99. The van der Waals surface area contributed by atoms with Gasteiger partial charge in [0.15, 0.2) is 0 Å². The van der Waals surface area contributed by atoms with E-state index < -0.39 is 0 Å². The predicted molar refractivity (Wildman–Crippen MR) is 69.2 cm³/mol. The number of ether oxygens (including phenoxy) is 1. The van der Waals surface area contributed by atoms with Crippen molar-refractivity contribution < 1.29 is 10.1 Å². The van der Waals surface area contributed by atoms with Gasteiger partial charge in [-0.05, 0) is 6.92 Å². The van der Waals surface area contributed by atoms with Crippen molar-refractivity contribution in [2.45, 2.75) is 19.6 Å². The Kier molecular flexibility index (Phi) is 4.24. The van der Waals surface area contributed by atoms with Gasteiger partial charge in [-0.25, -0.2) is 4.68 Å². The average Bonchev–Trinajstić information content (AvgIpc) is 2.82. The molecule has 2 heterocycles. The molecule has 0 unspecified atom stereocenters. The normalized spacial score (nSPS) is 22.9. The second kappa shape index (κ2) is 5.90. The highest BCUT2D eigenvalue weighted by Gasteiger charge is 2.19. The first-order valence-corrected chi connectivity index (χ1v) is 6.07. The minimum atomic E-state index is 0.502. The summed E-state index contributed by atoms with van der Waals surface area (Å²) in [5.41, 5.74) is 2.95. The highest BCUT2D eigenvalue weighted by molar-refractivity contribution is 6.00. The summed E-state index contributed by atoms with van der Waals surface area (Å²) >= 11 is 0. The van der Waals surface area contributed by atoms with E-state index in [4.69, 9.17) is 10.1 Å². The molecule has 1 aliphatic rings. The van der Waals surface area contributed by atoms with Crippen LogP contribution in [0.1, 0.15) is 12.5 Å². The van der Waals surface area contributed by atoms with Gasteiger partial charge in [-0.1, -0.05) is 0 Å². The monoisotopic (exact) mass is 250 g/mol. The smallest absolute Gasteiger partial charge is 0.147 e. The minimum absolute atomic E-state index is 0.502. The van der Waals surface area contributed by atoms with Crippen LogP contribution in [-0.2, 0) is 11.3 Å². The summed E-state index contributed by atoms with van der Waals surface area (Å²) < 4.78 is 6.81. The maximum absolute atomic E-state index is 7.57. The second-order valence-corrected chi connectivity index (χ2v) is 4.50. The highest BCUT2D eigenvalue weighted by Crippen LogP contribution is 2.07. The van der Waals surface area contributed by atoms with Gasteiger partial charge in [-0.15, -0.1) is 0 Å². The number of rotatable bonds is 4. The summed E-state index contributed by atoms with van der Waals surface area (Å²) in [4.78, 5) is 0. The van der Waals surface area contributed by atoms with Gasteiger partial charge in [0.25, 0.3) is 0 Å². The van der Waals surface area contributed by atoms with E-state index in [1.54, 1.807) is 18.0 Å². The molecule has 6 nitrogen and oxygen atoms in total. The van der Waals surface area contributed by atoms with Crippen molar-refractivity contribution in [2.24, 2.45) is 0 Å². The number of hydrogen-bond acceptors (Lipinski definition) is 4. The molecule has 0 saturated carbocycles. The summed E-state index contributed by atoms with van der Waals surface area (Å²) in [5.74, 6) is 0. The quantitative estimate of drug-likeness (QED) is 0.624. The summed E-state index contributed by atoms with van der Waals surface area (Å²) in [7, 11) is 1.66. The van der Waals surface area contributed by atoms with Gasteiger partial charge < -0.3 is 20.8 Å². The Hall–Kier alpha value is -1.50. The van der Waals surface area contributed by atoms with Crippen molar-refractivity contribution in [3.05, 3.63) is 23.7 Å². The molecule has 4 N–H and O–H groups in total. The third-order valence-electron chi connectivity index (χ3n) is 3.02. The molecule has 0 radical (unpaired) electrons. The van der Waals surface area contributed by atoms with E-state index >= 15 is 0 Å². The number of quaternary nitrogens is 1. The molecule has 0 bridgehead atoms. The zero-order chi connectivity index (χ0) is 13.0. The molecule has 1 fully saturated rings. The highest BCUT2D eigenvalue weighted by atomic mass is 16.5. The van der Waals surface area contributed by atoms with Crippen LogP contribution in [0.2, 0.25) is 0 Å². The molecule has 0 amide bonds. The molecule has 1 aromatic heterocycles. The molecule has 6 heteroatoms. The molecule has 0 spiro atoms. The number of nitrogens with zero attached hydrogens (tertiary/aromatic N) is 2. The lowest BCUT2D eigenvalue weighted by Gasteiger charge is -2.21. The Bertz CT molecular complexity index is 441. The van der Waals surface area contributed by atoms with Gasteiger partial charge in [-0.3, -0.25) is 0 Å². The standard InChI is InChI=1S/C12H19N5O/c1-9-4-15-11(6-14-9)12(3-13)17-7-10(5-16-17)8-18-2/h3,5,7,9,13-15H,4,6,8H2,1-2H3/p+1/b12-11+,13-3?/t9-/m0/s1. The number of aromatic nitrogens is 2. The van der Waals surface area contributed by atoms with Crippen LogP contribution in [0.4, 0.5) is 0 Å². The van der Waals surface area contributed by atoms with Crippen LogP contribution in [0.5, 0.6) is 0 Å². The molecule has 0 aliphatic carbocycles. The van der Waals surface area contributed by atoms with Crippen LogP contribution in [0.25, 0.3) is 5.70 Å². The van der Waals surface area contributed by atoms with Crippen LogP contribution < -0.4 is 10.6 Å². The number of nitrogens with two attached hydrogens (primary N) is 1. The number of methoxy groups -OCH3 is 1. The zero-order valence-electron chi connectivity index (χ0n) is 10.8. The molecule has 1 aromatic rings.